The van der Waals surface area contributed by atoms with E-state index in [1.807, 2.05) is 31.3 Å². The number of thioether (sulfide) groups is 1. The minimum Gasteiger partial charge on any atom is -0.322 e. The monoisotopic (exact) mass is 346 g/mol. The Balaban J connectivity index is 2.05. The third kappa shape index (κ3) is 3.06. The Morgan fingerprint density at radius 2 is 2.22 bits per heavy atom. The van der Waals surface area contributed by atoms with Gasteiger partial charge in [-0.05, 0) is 28.1 Å². The van der Waals surface area contributed by atoms with E-state index in [1.165, 1.54) is 0 Å². The Labute approximate surface area is 123 Å². The Morgan fingerprint density at radius 1 is 1.50 bits per heavy atom. The van der Waals surface area contributed by atoms with Gasteiger partial charge in [-0.3, -0.25) is 0 Å². The number of rotatable bonds is 4. The van der Waals surface area contributed by atoms with Crippen molar-refractivity contribution in [3.05, 3.63) is 39.6 Å². The van der Waals surface area contributed by atoms with Crippen LogP contribution in [0, 0.1) is 0 Å². The molecule has 96 valence electrons. The third-order valence-electron chi connectivity index (χ3n) is 2.43. The van der Waals surface area contributed by atoms with Crippen molar-refractivity contribution in [2.24, 2.45) is 12.8 Å². The van der Waals surface area contributed by atoms with E-state index >= 15 is 0 Å². The molecule has 0 aliphatic carbocycles. The summed E-state index contributed by atoms with van der Waals surface area (Å²) >= 11 is 11.1. The highest BCUT2D eigenvalue weighted by Crippen LogP contribution is 2.30. The smallest absolute Gasteiger partial charge is 0.153 e. The van der Waals surface area contributed by atoms with Gasteiger partial charge >= 0.3 is 0 Å². The molecule has 0 aliphatic rings. The van der Waals surface area contributed by atoms with Crippen LogP contribution in [0.2, 0.25) is 5.02 Å². The molecule has 7 heteroatoms. The molecule has 1 unspecified atom stereocenters. The van der Waals surface area contributed by atoms with Gasteiger partial charge in [0, 0.05) is 17.7 Å². The number of benzene rings is 1. The summed E-state index contributed by atoms with van der Waals surface area (Å²) in [4.78, 5) is 1.03. The number of hydrogen-bond acceptors (Lipinski definition) is 4. The van der Waals surface area contributed by atoms with Crippen molar-refractivity contribution in [3.63, 3.8) is 0 Å². The normalized spacial score (nSPS) is 12.7. The molecule has 0 saturated carbocycles. The van der Waals surface area contributed by atoms with Crippen molar-refractivity contribution in [2.45, 2.75) is 10.9 Å². The number of nitrogens with zero attached hydrogens (tertiary/aromatic N) is 3. The standard InChI is InChI=1S/C11H12BrClN4S/c1-17-10(11(12)15-16-17)8(14)6-18-9-5-3-2-4-7(9)13/h2-5,8H,6,14H2,1H3. The lowest BCUT2D eigenvalue weighted by atomic mass is 10.3. The largest absolute Gasteiger partial charge is 0.322 e. The van der Waals surface area contributed by atoms with E-state index in [0.29, 0.717) is 10.4 Å². The maximum atomic E-state index is 6.14. The van der Waals surface area contributed by atoms with Crippen molar-refractivity contribution in [2.75, 3.05) is 5.75 Å². The van der Waals surface area contributed by atoms with E-state index in [0.717, 1.165) is 15.6 Å². The zero-order valence-electron chi connectivity index (χ0n) is 9.68. The van der Waals surface area contributed by atoms with Gasteiger partial charge in [-0.25, -0.2) is 4.68 Å². The van der Waals surface area contributed by atoms with Crippen LogP contribution in [0.4, 0.5) is 0 Å². The second-order valence-electron chi connectivity index (χ2n) is 3.74. The first-order chi connectivity index (χ1) is 8.59. The Morgan fingerprint density at radius 3 is 2.83 bits per heavy atom. The van der Waals surface area contributed by atoms with Gasteiger partial charge in [0.1, 0.15) is 0 Å². The van der Waals surface area contributed by atoms with Gasteiger partial charge < -0.3 is 5.73 Å². The van der Waals surface area contributed by atoms with E-state index in [2.05, 4.69) is 26.2 Å². The van der Waals surface area contributed by atoms with Crippen molar-refractivity contribution >= 4 is 39.3 Å². The van der Waals surface area contributed by atoms with Crippen molar-refractivity contribution in [1.82, 2.24) is 15.0 Å². The fourth-order valence-electron chi connectivity index (χ4n) is 1.55. The molecule has 4 nitrogen and oxygen atoms in total. The van der Waals surface area contributed by atoms with Crippen LogP contribution < -0.4 is 5.73 Å². The Hall–Kier alpha value is -0.560. The predicted molar refractivity (Wildman–Crippen MR) is 77.8 cm³/mol. The molecule has 0 bridgehead atoms. The fourth-order valence-corrected chi connectivity index (χ4v) is 3.37. The van der Waals surface area contributed by atoms with Crippen LogP contribution in [0.25, 0.3) is 0 Å². The molecule has 2 N–H and O–H groups in total. The molecule has 0 fully saturated rings. The molecule has 0 saturated heterocycles. The van der Waals surface area contributed by atoms with Crippen LogP contribution in [0.1, 0.15) is 11.7 Å². The van der Waals surface area contributed by atoms with Gasteiger partial charge in [-0.15, -0.1) is 16.9 Å². The summed E-state index contributed by atoms with van der Waals surface area (Å²) in [5, 5.41) is 8.59. The first-order valence-corrected chi connectivity index (χ1v) is 7.43. The lowest BCUT2D eigenvalue weighted by Gasteiger charge is -2.12. The van der Waals surface area contributed by atoms with E-state index in [-0.39, 0.29) is 6.04 Å². The van der Waals surface area contributed by atoms with Gasteiger partial charge in [-0.1, -0.05) is 28.9 Å². The lowest BCUT2D eigenvalue weighted by Crippen LogP contribution is -2.17. The third-order valence-corrected chi connectivity index (χ3v) is 4.63. The summed E-state index contributed by atoms with van der Waals surface area (Å²) in [7, 11) is 1.83. The van der Waals surface area contributed by atoms with Crippen LogP contribution >= 0.6 is 39.3 Å². The number of nitrogens with two attached hydrogens (primary N) is 1. The van der Waals surface area contributed by atoms with Crippen LogP contribution in [-0.4, -0.2) is 20.7 Å². The molecular formula is C11H12BrClN4S. The average molecular weight is 348 g/mol. The summed E-state index contributed by atoms with van der Waals surface area (Å²) < 4.78 is 2.37. The number of hydrogen-bond donors (Lipinski definition) is 1. The number of aromatic nitrogens is 3. The molecule has 0 amide bonds. The average Bonchev–Trinajstić information content (AvgIpc) is 2.68. The molecule has 1 heterocycles. The second-order valence-corrected chi connectivity index (χ2v) is 5.96. The Kier molecular flexibility index (Phi) is 4.66. The lowest BCUT2D eigenvalue weighted by molar-refractivity contribution is 0.640. The molecule has 0 spiro atoms. The molecule has 0 aliphatic heterocycles. The summed E-state index contributed by atoms with van der Waals surface area (Å²) in [5.41, 5.74) is 7.03. The highest BCUT2D eigenvalue weighted by molar-refractivity contribution is 9.10. The minimum absolute atomic E-state index is 0.152. The molecule has 1 aromatic heterocycles. The van der Waals surface area contributed by atoms with Crippen LogP contribution in [0.5, 0.6) is 0 Å². The number of aryl methyl sites for hydroxylation is 1. The highest BCUT2D eigenvalue weighted by atomic mass is 79.9. The first-order valence-electron chi connectivity index (χ1n) is 5.27. The van der Waals surface area contributed by atoms with E-state index in [9.17, 15) is 0 Å². The Bertz CT molecular complexity index is 526. The van der Waals surface area contributed by atoms with Crippen molar-refractivity contribution < 1.29 is 0 Å². The minimum atomic E-state index is -0.152. The summed E-state index contributed by atoms with van der Waals surface area (Å²) in [6.07, 6.45) is 0. The van der Waals surface area contributed by atoms with Gasteiger partial charge in [0.15, 0.2) is 4.60 Å². The van der Waals surface area contributed by atoms with E-state index in [1.54, 1.807) is 16.4 Å². The maximum Gasteiger partial charge on any atom is 0.153 e. The second kappa shape index (κ2) is 6.06. The molecule has 1 atom stereocenters. The fraction of sp³-hybridized carbons (Fsp3) is 0.273. The molecule has 18 heavy (non-hydrogen) atoms. The molecule has 0 radical (unpaired) electrons. The first kappa shape index (κ1) is 13.9. The SMILES string of the molecule is Cn1nnc(Br)c1C(N)CSc1ccccc1Cl. The van der Waals surface area contributed by atoms with E-state index in [4.69, 9.17) is 17.3 Å². The molecule has 2 rings (SSSR count). The van der Waals surface area contributed by atoms with Gasteiger partial charge in [0.25, 0.3) is 0 Å². The zero-order chi connectivity index (χ0) is 13.1. The van der Waals surface area contributed by atoms with E-state index < -0.39 is 0 Å². The summed E-state index contributed by atoms with van der Waals surface area (Å²) in [6.45, 7) is 0. The topological polar surface area (TPSA) is 56.7 Å². The van der Waals surface area contributed by atoms with Gasteiger partial charge in [0.05, 0.1) is 16.8 Å². The summed E-state index contributed by atoms with van der Waals surface area (Å²) in [5.74, 6) is 0.712. The van der Waals surface area contributed by atoms with Crippen LogP contribution in [-0.2, 0) is 7.05 Å². The molecular weight excluding hydrogens is 336 g/mol. The van der Waals surface area contributed by atoms with Crippen LogP contribution in [0.15, 0.2) is 33.8 Å². The quantitative estimate of drug-likeness (QED) is 0.864. The summed E-state index contributed by atoms with van der Waals surface area (Å²) in [6, 6.07) is 7.57. The highest BCUT2D eigenvalue weighted by Gasteiger charge is 2.16. The van der Waals surface area contributed by atoms with Crippen LogP contribution in [0.3, 0.4) is 0 Å². The maximum absolute atomic E-state index is 6.14. The van der Waals surface area contributed by atoms with Gasteiger partial charge in [-0.2, -0.15) is 0 Å². The molecule has 1 aromatic carbocycles. The molecule has 2 aromatic rings. The zero-order valence-corrected chi connectivity index (χ0v) is 12.8. The van der Waals surface area contributed by atoms with Gasteiger partial charge in [0.2, 0.25) is 0 Å². The predicted octanol–water partition coefficient (Wildman–Crippen LogP) is 3.02. The number of halogens is 2. The van der Waals surface area contributed by atoms with Crippen molar-refractivity contribution in [1.29, 1.82) is 0 Å². The van der Waals surface area contributed by atoms with Crippen molar-refractivity contribution in [3.8, 4) is 0 Å².